The Morgan fingerprint density at radius 1 is 1.24 bits per heavy atom. The molecule has 1 saturated heterocycles. The first-order valence-corrected chi connectivity index (χ1v) is 17.6. The van der Waals surface area contributed by atoms with Gasteiger partial charge in [0.1, 0.15) is 45.6 Å². The van der Waals surface area contributed by atoms with Crippen LogP contribution in [0.3, 0.4) is 0 Å². The smallest absolute Gasteiger partial charge is 0.350 e. The van der Waals surface area contributed by atoms with Crippen molar-refractivity contribution in [3.8, 4) is 5.75 Å². The van der Waals surface area contributed by atoms with Gasteiger partial charge in [-0.05, 0) is 18.8 Å². The Bertz CT molecular complexity index is 2190. The predicted molar refractivity (Wildman–Crippen MR) is 187 cm³/mol. The van der Waals surface area contributed by atoms with Gasteiger partial charge >= 0.3 is 5.97 Å². The predicted octanol–water partition coefficient (Wildman–Crippen LogP) is -2.72. The minimum absolute atomic E-state index is 0.0133. The number of nitrogens with two attached hydrogens (primary N) is 2. The average Bonchev–Trinajstić information content (AvgIpc) is 3.44. The molecule has 10 N–H and O–H groups in total. The molecule has 5 heterocycles. The number of β-lactam (4-membered cyclic amide) rings is 1. The summed E-state index contributed by atoms with van der Waals surface area (Å²) in [6, 6.07) is -0.483. The summed E-state index contributed by atoms with van der Waals surface area (Å²) in [5.41, 5.74) is 7.91. The maximum absolute atomic E-state index is 13.4. The van der Waals surface area contributed by atoms with E-state index in [1.807, 2.05) is 0 Å². The molecule has 2 atom stereocenters. The Morgan fingerprint density at radius 2 is 1.96 bits per heavy atom. The molecule has 54 heavy (non-hydrogen) atoms. The zero-order chi connectivity index (χ0) is 39.6. The fourth-order valence-corrected chi connectivity index (χ4v) is 7.18. The van der Waals surface area contributed by atoms with E-state index in [0.717, 1.165) is 34.1 Å². The molecule has 3 aromatic rings. The number of nitrogens with zero attached hydrogens (tertiary/aromatic N) is 6. The van der Waals surface area contributed by atoms with Crippen molar-refractivity contribution < 1.29 is 53.9 Å². The van der Waals surface area contributed by atoms with Crippen LogP contribution in [0.4, 0.5) is 16.6 Å². The largest absolute Gasteiger partial charge is 0.543 e. The number of anilines is 3. The third-order valence-corrected chi connectivity index (χ3v) is 10.1. The van der Waals surface area contributed by atoms with E-state index in [0.29, 0.717) is 16.6 Å². The Labute approximate surface area is 316 Å². The maximum atomic E-state index is 13.4. The van der Waals surface area contributed by atoms with Crippen molar-refractivity contribution in [2.75, 3.05) is 35.6 Å². The van der Waals surface area contributed by atoms with Crippen LogP contribution in [0.5, 0.6) is 5.75 Å². The maximum Gasteiger partial charge on any atom is 0.350 e. The van der Waals surface area contributed by atoms with Crippen molar-refractivity contribution in [1.29, 1.82) is 0 Å². The lowest BCUT2D eigenvalue weighted by Gasteiger charge is -2.50. The van der Waals surface area contributed by atoms with Gasteiger partial charge in [0, 0.05) is 30.5 Å². The zero-order valence-electron chi connectivity index (χ0n) is 27.9. The lowest BCUT2D eigenvalue weighted by Crippen LogP contribution is -2.71. The number of aliphatic carboxylic acids is 2. The van der Waals surface area contributed by atoms with E-state index >= 15 is 0 Å². The Balaban J connectivity index is 1.26. The third-order valence-electron chi connectivity index (χ3n) is 7.71. The number of carbonyl (C=O) groups is 5. The molecule has 0 aliphatic carbocycles. The number of hydrogen-bond donors (Lipinski definition) is 8. The Kier molecular flexibility index (Phi) is 11.2. The first-order valence-electron chi connectivity index (χ1n) is 15.3. The van der Waals surface area contributed by atoms with E-state index < -0.39 is 75.0 Å². The first-order chi connectivity index (χ1) is 25.4. The van der Waals surface area contributed by atoms with Crippen molar-refractivity contribution in [3.63, 3.8) is 0 Å². The number of nitrogens with one attached hydrogen (secondary N) is 3. The van der Waals surface area contributed by atoms with Gasteiger partial charge in [0.05, 0.1) is 17.9 Å². The number of pyridine rings is 1. The number of aromatic hydroxyl groups is 1. The normalized spacial score (nSPS) is 17.0. The second-order valence-corrected chi connectivity index (χ2v) is 14.6. The number of carboxylic acid groups (broad SMARTS) is 2. The van der Waals surface area contributed by atoms with Crippen molar-refractivity contribution >= 4 is 86.7 Å². The SMILES string of the molecule is CC(C)(ON=C(C(=O)NC1C(=O)N2C(C(=O)[O-])=C(C[n+]3cnc(N)c(NCCNC(=O)c4cc(=O)c(O)cn4O)c3)CSC12)c1nc(N)sc1Cl)C(=O)O. The second-order valence-electron chi connectivity index (χ2n) is 11.9. The molecule has 2 aliphatic rings. The topological polar surface area (TPSA) is 334 Å². The summed E-state index contributed by atoms with van der Waals surface area (Å²) in [6.07, 6.45) is 3.52. The summed E-state index contributed by atoms with van der Waals surface area (Å²) in [5, 5.41) is 51.6. The molecule has 3 aromatic heterocycles. The quantitative estimate of drug-likeness (QED) is 0.0205. The van der Waals surface area contributed by atoms with Crippen molar-refractivity contribution in [2.45, 2.75) is 37.4 Å². The molecule has 0 saturated carbocycles. The molecule has 5 rings (SSSR count). The number of amides is 3. The highest BCUT2D eigenvalue weighted by atomic mass is 35.5. The van der Waals surface area contributed by atoms with Gasteiger partial charge in [-0.25, -0.2) is 14.3 Å². The lowest BCUT2D eigenvalue weighted by molar-refractivity contribution is -0.691. The minimum Gasteiger partial charge on any atom is -0.543 e. The number of thioether (sulfide) groups is 1. The summed E-state index contributed by atoms with van der Waals surface area (Å²) in [4.78, 5) is 88.8. The molecule has 3 amide bonds. The number of halogens is 1. The van der Waals surface area contributed by atoms with Gasteiger partial charge in [0.15, 0.2) is 16.6 Å². The van der Waals surface area contributed by atoms with Gasteiger partial charge in [0.2, 0.25) is 11.0 Å². The molecule has 1 fully saturated rings. The number of carboxylic acids is 2. The number of carbonyl (C=O) groups excluding carboxylic acids is 4. The van der Waals surface area contributed by atoms with Crippen LogP contribution in [0.25, 0.3) is 0 Å². The molecule has 0 bridgehead atoms. The molecule has 22 nitrogen and oxygen atoms in total. The number of rotatable bonds is 14. The van der Waals surface area contributed by atoms with E-state index in [4.69, 9.17) is 27.9 Å². The average molecular weight is 808 g/mol. The van der Waals surface area contributed by atoms with Gasteiger partial charge in [0.25, 0.3) is 29.9 Å². The zero-order valence-corrected chi connectivity index (χ0v) is 30.3. The number of oxime groups is 1. The monoisotopic (exact) mass is 807 g/mol. The van der Waals surface area contributed by atoms with Crippen molar-refractivity contribution in [3.05, 3.63) is 62.0 Å². The highest BCUT2D eigenvalue weighted by molar-refractivity contribution is 8.00. The van der Waals surface area contributed by atoms with Crippen LogP contribution in [-0.2, 0) is 30.6 Å². The van der Waals surface area contributed by atoms with Gasteiger partial charge in [-0.15, -0.1) is 11.8 Å². The first kappa shape index (κ1) is 39.1. The van der Waals surface area contributed by atoms with Crippen molar-refractivity contribution in [1.82, 2.24) is 30.2 Å². The van der Waals surface area contributed by atoms with Gasteiger partial charge in [-0.2, -0.15) is 4.73 Å². The van der Waals surface area contributed by atoms with Crippen LogP contribution >= 0.6 is 34.7 Å². The van der Waals surface area contributed by atoms with Gasteiger partial charge < -0.3 is 57.6 Å². The third kappa shape index (κ3) is 8.08. The fraction of sp³-hybridized carbons (Fsp3) is 0.310. The molecular formula is C29H30ClN11O11S2. The van der Waals surface area contributed by atoms with Crippen LogP contribution in [0.1, 0.15) is 30.0 Å². The van der Waals surface area contributed by atoms with Crippen LogP contribution < -0.4 is 42.5 Å². The molecule has 25 heteroatoms. The van der Waals surface area contributed by atoms with E-state index in [2.05, 4.69) is 31.1 Å². The summed E-state index contributed by atoms with van der Waals surface area (Å²) >= 11 is 8.14. The van der Waals surface area contributed by atoms with Crippen LogP contribution in [0.15, 0.2) is 46.0 Å². The highest BCUT2D eigenvalue weighted by Gasteiger charge is 2.53. The number of hydrogen-bond acceptors (Lipinski definition) is 18. The van der Waals surface area contributed by atoms with Gasteiger partial charge in [-0.1, -0.05) is 28.1 Å². The number of thiazole rings is 1. The summed E-state index contributed by atoms with van der Waals surface area (Å²) in [6.45, 7) is 2.37. The second kappa shape index (κ2) is 15.5. The van der Waals surface area contributed by atoms with Crippen LogP contribution in [0, 0.1) is 0 Å². The van der Waals surface area contributed by atoms with Crippen molar-refractivity contribution in [2.24, 2.45) is 5.16 Å². The lowest BCUT2D eigenvalue weighted by atomic mass is 10.0. The molecule has 286 valence electrons. The summed E-state index contributed by atoms with van der Waals surface area (Å²) < 4.78 is 1.73. The van der Waals surface area contributed by atoms with Crippen LogP contribution in [-0.4, -0.2) is 106 Å². The highest BCUT2D eigenvalue weighted by Crippen LogP contribution is 2.40. The number of nitrogen functional groups attached to an aromatic ring is 2. The van der Waals surface area contributed by atoms with Crippen LogP contribution in [0.2, 0.25) is 4.34 Å². The fourth-order valence-electron chi connectivity index (χ4n) is 4.92. The van der Waals surface area contributed by atoms with E-state index in [-0.39, 0.29) is 51.9 Å². The summed E-state index contributed by atoms with van der Waals surface area (Å²) in [7, 11) is 0. The number of fused-ring (bicyclic) bond motifs is 1. The molecular weight excluding hydrogens is 778 g/mol. The number of aromatic nitrogens is 4. The Hall–Kier alpha value is -6.14. The Morgan fingerprint density at radius 3 is 2.61 bits per heavy atom. The van der Waals surface area contributed by atoms with E-state index in [9.17, 15) is 49.3 Å². The van der Waals surface area contributed by atoms with E-state index in [1.54, 1.807) is 0 Å². The standard InChI is InChI=1S/C29H30ClN11O11S2/c1-29(2,27(49)50)52-38-17(16-20(30)54-28(32)37-16)23(45)36-18-24(46)41-19(26(47)48)11(9-53-25(18)41)6-39-7-12(21(31)35-10-39)33-3-4-34-22(44)13-5-14(42)15(43)8-40(13)51/h5,7-8,10,18,25,31,33,51H,3-4,6,9H2,1-2H3,(H7,32,34,36,37,43,44,45,47,48,49,50). The summed E-state index contributed by atoms with van der Waals surface area (Å²) in [5.74, 6) is -6.27. The van der Waals surface area contributed by atoms with Gasteiger partial charge in [-0.3, -0.25) is 24.1 Å². The van der Waals surface area contributed by atoms with E-state index in [1.165, 1.54) is 30.9 Å². The molecule has 2 aliphatic heterocycles. The molecule has 2 unspecified atom stereocenters. The molecule has 0 spiro atoms. The molecule has 0 radical (unpaired) electrons. The molecule has 0 aromatic carbocycles. The minimum atomic E-state index is -1.87.